The summed E-state index contributed by atoms with van der Waals surface area (Å²) in [6.07, 6.45) is 2.50. The molecule has 2 aromatic rings. The van der Waals surface area contributed by atoms with Crippen molar-refractivity contribution in [3.63, 3.8) is 0 Å². The topological polar surface area (TPSA) is 76.9 Å². The number of ether oxygens (including phenoxy) is 1. The molecule has 0 saturated carbocycles. The number of fused-ring (bicyclic) bond motifs is 1. The Kier molecular flexibility index (Phi) is 4.02. The Labute approximate surface area is 132 Å². The minimum atomic E-state index is -0.667. The zero-order valence-electron chi connectivity index (χ0n) is 12.8. The van der Waals surface area contributed by atoms with Crippen molar-refractivity contribution in [1.29, 1.82) is 5.41 Å². The third-order valence-corrected chi connectivity index (χ3v) is 4.00. The Bertz CT molecular complexity index is 747. The van der Waals surface area contributed by atoms with Crippen LogP contribution in [-0.2, 0) is 19.4 Å². The minimum absolute atomic E-state index is 0.0281. The van der Waals surface area contributed by atoms with Gasteiger partial charge < -0.3 is 10.5 Å². The van der Waals surface area contributed by atoms with E-state index in [0.717, 1.165) is 30.5 Å². The van der Waals surface area contributed by atoms with E-state index >= 15 is 0 Å². The fourth-order valence-corrected chi connectivity index (χ4v) is 2.99. The number of hydrogen-bond donors (Lipinski definition) is 2. The highest BCUT2D eigenvalue weighted by molar-refractivity contribution is 5.94. The quantitative estimate of drug-likeness (QED) is 0.656. The SMILES string of the molecule is CCOc1cc(F)c(Cn2nc(C(=N)N)c3c2CCC3)c(F)c1. The zero-order chi connectivity index (χ0) is 16.6. The summed E-state index contributed by atoms with van der Waals surface area (Å²) in [7, 11) is 0. The van der Waals surface area contributed by atoms with Crippen molar-refractivity contribution in [2.24, 2.45) is 5.73 Å². The maximum Gasteiger partial charge on any atom is 0.144 e. The molecule has 3 rings (SSSR count). The second-order valence-corrected chi connectivity index (χ2v) is 5.50. The first-order valence-electron chi connectivity index (χ1n) is 7.55. The maximum atomic E-state index is 14.2. The highest BCUT2D eigenvalue weighted by Crippen LogP contribution is 2.27. The molecule has 5 nitrogen and oxygen atoms in total. The van der Waals surface area contributed by atoms with Gasteiger partial charge in [-0.3, -0.25) is 10.1 Å². The lowest BCUT2D eigenvalue weighted by Crippen LogP contribution is -2.15. The smallest absolute Gasteiger partial charge is 0.144 e. The molecule has 0 atom stereocenters. The molecule has 0 amide bonds. The van der Waals surface area contributed by atoms with Gasteiger partial charge in [0.05, 0.1) is 13.2 Å². The molecule has 0 aliphatic heterocycles. The second-order valence-electron chi connectivity index (χ2n) is 5.50. The Morgan fingerprint density at radius 1 is 1.35 bits per heavy atom. The van der Waals surface area contributed by atoms with E-state index in [0.29, 0.717) is 12.3 Å². The largest absolute Gasteiger partial charge is 0.494 e. The van der Waals surface area contributed by atoms with Crippen molar-refractivity contribution in [2.75, 3.05) is 6.61 Å². The molecular weight excluding hydrogens is 302 g/mol. The molecular formula is C16H18F2N4O. The number of aromatic nitrogens is 2. The standard InChI is InChI=1S/C16H18F2N4O/c1-2-23-9-6-12(17)11(13(18)7-9)8-22-14-5-3-4-10(14)15(21-22)16(19)20/h6-7H,2-5,8H2,1H3,(H3,19,20). The lowest BCUT2D eigenvalue weighted by molar-refractivity contribution is 0.335. The molecule has 0 saturated heterocycles. The Morgan fingerprint density at radius 2 is 2.04 bits per heavy atom. The van der Waals surface area contributed by atoms with E-state index in [1.165, 1.54) is 12.1 Å². The van der Waals surface area contributed by atoms with Gasteiger partial charge in [-0.05, 0) is 26.2 Å². The van der Waals surface area contributed by atoms with E-state index in [4.69, 9.17) is 15.9 Å². The number of hydrogen-bond acceptors (Lipinski definition) is 3. The maximum absolute atomic E-state index is 14.2. The predicted octanol–water partition coefficient (Wildman–Crippen LogP) is 2.38. The molecule has 0 bridgehead atoms. The van der Waals surface area contributed by atoms with E-state index in [-0.39, 0.29) is 23.7 Å². The van der Waals surface area contributed by atoms with Gasteiger partial charge >= 0.3 is 0 Å². The Balaban J connectivity index is 1.97. The van der Waals surface area contributed by atoms with Crippen LogP contribution >= 0.6 is 0 Å². The van der Waals surface area contributed by atoms with Crippen molar-refractivity contribution in [3.05, 3.63) is 46.3 Å². The summed E-state index contributed by atoms with van der Waals surface area (Å²) < 4.78 is 35.1. The highest BCUT2D eigenvalue weighted by atomic mass is 19.1. The minimum Gasteiger partial charge on any atom is -0.494 e. The average Bonchev–Trinajstić information content (AvgIpc) is 3.05. The predicted molar refractivity (Wildman–Crippen MR) is 81.9 cm³/mol. The molecule has 1 aliphatic carbocycles. The van der Waals surface area contributed by atoms with Crippen molar-refractivity contribution in [1.82, 2.24) is 9.78 Å². The zero-order valence-corrected chi connectivity index (χ0v) is 12.8. The van der Waals surface area contributed by atoms with E-state index in [1.54, 1.807) is 11.6 Å². The number of nitrogens with zero attached hydrogens (tertiary/aromatic N) is 2. The Morgan fingerprint density at radius 3 is 2.65 bits per heavy atom. The van der Waals surface area contributed by atoms with Crippen LogP contribution in [0.2, 0.25) is 0 Å². The van der Waals surface area contributed by atoms with Crippen LogP contribution in [0.4, 0.5) is 8.78 Å². The van der Waals surface area contributed by atoms with Gasteiger partial charge in [-0.2, -0.15) is 5.10 Å². The Hall–Kier alpha value is -2.44. The number of amidine groups is 1. The fraction of sp³-hybridized carbons (Fsp3) is 0.375. The van der Waals surface area contributed by atoms with Crippen molar-refractivity contribution in [3.8, 4) is 5.75 Å². The molecule has 1 heterocycles. The number of benzene rings is 1. The number of nitrogen functional groups attached to an aromatic ring is 1. The lowest BCUT2D eigenvalue weighted by atomic mass is 10.1. The first kappa shape index (κ1) is 15.5. The van der Waals surface area contributed by atoms with Crippen molar-refractivity contribution < 1.29 is 13.5 Å². The highest BCUT2D eigenvalue weighted by Gasteiger charge is 2.25. The van der Waals surface area contributed by atoms with Crippen LogP contribution in [0.15, 0.2) is 12.1 Å². The van der Waals surface area contributed by atoms with Gasteiger partial charge in [-0.25, -0.2) is 8.78 Å². The molecule has 1 aromatic heterocycles. The summed E-state index contributed by atoms with van der Waals surface area (Å²) >= 11 is 0. The molecule has 3 N–H and O–H groups in total. The summed E-state index contributed by atoms with van der Waals surface area (Å²) in [5.41, 5.74) is 7.73. The van der Waals surface area contributed by atoms with E-state index in [1.807, 2.05) is 0 Å². The van der Waals surface area contributed by atoms with Gasteiger partial charge in [0.25, 0.3) is 0 Å². The number of halogens is 2. The summed E-state index contributed by atoms with van der Waals surface area (Å²) in [6.45, 7) is 2.06. The van der Waals surface area contributed by atoms with E-state index < -0.39 is 11.6 Å². The van der Waals surface area contributed by atoms with Gasteiger partial charge in [0.2, 0.25) is 0 Å². The van der Waals surface area contributed by atoms with E-state index in [9.17, 15) is 8.78 Å². The molecule has 23 heavy (non-hydrogen) atoms. The molecule has 122 valence electrons. The summed E-state index contributed by atoms with van der Waals surface area (Å²) in [5, 5.41) is 11.9. The third kappa shape index (κ3) is 2.78. The van der Waals surface area contributed by atoms with Gasteiger partial charge in [0.1, 0.15) is 28.9 Å². The first-order chi connectivity index (χ1) is 11.0. The monoisotopic (exact) mass is 320 g/mol. The summed E-state index contributed by atoms with van der Waals surface area (Å²) in [4.78, 5) is 0. The molecule has 0 spiro atoms. The molecule has 0 fully saturated rings. The van der Waals surface area contributed by atoms with Crippen LogP contribution in [0.1, 0.15) is 35.9 Å². The molecule has 0 radical (unpaired) electrons. The lowest BCUT2D eigenvalue weighted by Gasteiger charge is -2.10. The van der Waals surface area contributed by atoms with Gasteiger partial charge in [0, 0.05) is 29.0 Å². The van der Waals surface area contributed by atoms with Crippen LogP contribution in [0.5, 0.6) is 5.75 Å². The molecule has 1 aliphatic rings. The number of nitrogens with two attached hydrogens (primary N) is 1. The van der Waals surface area contributed by atoms with Gasteiger partial charge in [0.15, 0.2) is 0 Å². The van der Waals surface area contributed by atoms with Gasteiger partial charge in [-0.1, -0.05) is 0 Å². The molecule has 1 aromatic carbocycles. The average molecular weight is 320 g/mol. The van der Waals surface area contributed by atoms with Crippen LogP contribution in [0, 0.1) is 17.0 Å². The molecule has 7 heteroatoms. The van der Waals surface area contributed by atoms with Crippen LogP contribution in [-0.4, -0.2) is 22.2 Å². The van der Waals surface area contributed by atoms with Crippen molar-refractivity contribution in [2.45, 2.75) is 32.7 Å². The summed E-state index contributed by atoms with van der Waals surface area (Å²) in [6, 6.07) is 2.36. The third-order valence-electron chi connectivity index (χ3n) is 4.00. The second kappa shape index (κ2) is 5.98. The normalized spacial score (nSPS) is 13.2. The first-order valence-corrected chi connectivity index (χ1v) is 7.55. The fourth-order valence-electron chi connectivity index (χ4n) is 2.99. The number of nitrogens with one attached hydrogen (secondary N) is 1. The van der Waals surface area contributed by atoms with Gasteiger partial charge in [-0.15, -0.1) is 0 Å². The van der Waals surface area contributed by atoms with E-state index in [2.05, 4.69) is 5.10 Å². The van der Waals surface area contributed by atoms with Crippen molar-refractivity contribution >= 4 is 5.84 Å². The van der Waals surface area contributed by atoms with Crippen LogP contribution < -0.4 is 10.5 Å². The van der Waals surface area contributed by atoms with Crippen LogP contribution in [0.3, 0.4) is 0 Å². The molecule has 0 unspecified atom stereocenters. The van der Waals surface area contributed by atoms with Crippen LogP contribution in [0.25, 0.3) is 0 Å². The number of rotatable bonds is 5. The summed E-state index contributed by atoms with van der Waals surface area (Å²) in [5.74, 6) is -1.28.